The maximum Gasteiger partial charge on any atom is 0.410 e. The topological polar surface area (TPSA) is 75.9 Å². The van der Waals surface area contributed by atoms with Crippen LogP contribution in [0.3, 0.4) is 0 Å². The van der Waals surface area contributed by atoms with Crippen molar-refractivity contribution in [2.45, 2.75) is 26.4 Å². The number of rotatable bonds is 2. The Labute approximate surface area is 137 Å². The Morgan fingerprint density at radius 2 is 1.71 bits per heavy atom. The highest BCUT2D eigenvalue weighted by Gasteiger charge is 2.29. The van der Waals surface area contributed by atoms with Gasteiger partial charge in [0, 0.05) is 32.2 Å². The molecule has 0 bridgehead atoms. The largest absolute Gasteiger partial charge is 0.444 e. The van der Waals surface area contributed by atoms with Crippen LogP contribution in [0.5, 0.6) is 0 Å². The molecule has 132 valence electrons. The van der Waals surface area contributed by atoms with Gasteiger partial charge in [-0.05, 0) is 20.8 Å². The number of ether oxygens (including phenoxy) is 1. The monoisotopic (exact) mass is 343 g/mol. The quantitative estimate of drug-likeness (QED) is 0.610. The molecule has 0 N–H and O–H groups in total. The van der Waals surface area contributed by atoms with Crippen LogP contribution in [0.15, 0.2) is 12.1 Å². The van der Waals surface area contributed by atoms with Gasteiger partial charge in [-0.3, -0.25) is 10.1 Å². The van der Waals surface area contributed by atoms with E-state index in [0.29, 0.717) is 6.07 Å². The maximum absolute atomic E-state index is 13.5. The van der Waals surface area contributed by atoms with E-state index in [1.165, 1.54) is 4.90 Å². The zero-order valence-corrected chi connectivity index (χ0v) is 13.7. The van der Waals surface area contributed by atoms with Crippen LogP contribution in [0.1, 0.15) is 20.8 Å². The molecule has 1 aromatic carbocycles. The first-order chi connectivity index (χ1) is 11.1. The van der Waals surface area contributed by atoms with Gasteiger partial charge in [-0.25, -0.2) is 13.6 Å². The lowest BCUT2D eigenvalue weighted by Gasteiger charge is -2.36. The fraction of sp³-hybridized carbons (Fsp3) is 0.533. The zero-order chi connectivity index (χ0) is 18.1. The molecule has 1 aliphatic heterocycles. The Balaban J connectivity index is 2.11. The fourth-order valence-electron chi connectivity index (χ4n) is 2.38. The number of nitro benzene ring substituents is 1. The van der Waals surface area contributed by atoms with Crippen molar-refractivity contribution in [3.05, 3.63) is 33.9 Å². The number of amides is 1. The summed E-state index contributed by atoms with van der Waals surface area (Å²) in [6.07, 6.45) is -0.470. The number of carbonyl (C=O) groups is 1. The SMILES string of the molecule is CC(C)(C)OC(=O)N1CCN(c2cc(F)c(F)cc2[N+](=O)[O-])CC1. The molecule has 9 heteroatoms. The van der Waals surface area contributed by atoms with Gasteiger partial charge in [0.15, 0.2) is 11.6 Å². The molecule has 1 fully saturated rings. The average molecular weight is 343 g/mol. The van der Waals surface area contributed by atoms with E-state index in [2.05, 4.69) is 0 Å². The summed E-state index contributed by atoms with van der Waals surface area (Å²) < 4.78 is 32.0. The van der Waals surface area contributed by atoms with Gasteiger partial charge in [0.2, 0.25) is 0 Å². The van der Waals surface area contributed by atoms with Crippen LogP contribution >= 0.6 is 0 Å². The van der Waals surface area contributed by atoms with E-state index in [9.17, 15) is 23.7 Å². The normalized spacial score (nSPS) is 15.4. The highest BCUT2D eigenvalue weighted by Crippen LogP contribution is 2.31. The van der Waals surface area contributed by atoms with Crippen molar-refractivity contribution in [1.82, 2.24) is 4.90 Å². The minimum atomic E-state index is -1.27. The summed E-state index contributed by atoms with van der Waals surface area (Å²) in [5, 5.41) is 11.1. The number of carbonyl (C=O) groups excluding carboxylic acids is 1. The third-order valence-electron chi connectivity index (χ3n) is 3.49. The number of halogens is 2. The molecule has 7 nitrogen and oxygen atoms in total. The molecule has 0 saturated carbocycles. The molecule has 0 atom stereocenters. The van der Waals surface area contributed by atoms with Crippen molar-refractivity contribution < 1.29 is 23.2 Å². The van der Waals surface area contributed by atoms with Crippen LogP contribution in [-0.4, -0.2) is 47.7 Å². The maximum atomic E-state index is 13.5. The Hall–Kier alpha value is -2.45. The molecule has 1 amide bonds. The van der Waals surface area contributed by atoms with Crippen LogP contribution < -0.4 is 4.90 Å². The van der Waals surface area contributed by atoms with Crippen molar-refractivity contribution >= 4 is 17.5 Å². The summed E-state index contributed by atoms with van der Waals surface area (Å²) in [6.45, 7) is 6.32. The van der Waals surface area contributed by atoms with E-state index >= 15 is 0 Å². The smallest absolute Gasteiger partial charge is 0.410 e. The van der Waals surface area contributed by atoms with E-state index in [0.717, 1.165) is 6.07 Å². The van der Waals surface area contributed by atoms with Gasteiger partial charge in [-0.1, -0.05) is 0 Å². The number of hydrogen-bond donors (Lipinski definition) is 0. The molecule has 0 aliphatic carbocycles. The molecule has 0 aromatic heterocycles. The van der Waals surface area contributed by atoms with Gasteiger partial charge in [0.1, 0.15) is 11.3 Å². The van der Waals surface area contributed by atoms with Crippen molar-refractivity contribution in [2.24, 2.45) is 0 Å². The molecular weight excluding hydrogens is 324 g/mol. The van der Waals surface area contributed by atoms with Gasteiger partial charge < -0.3 is 14.5 Å². The first-order valence-electron chi connectivity index (χ1n) is 7.45. The second-order valence-electron chi connectivity index (χ2n) is 6.47. The molecule has 0 unspecified atom stereocenters. The van der Waals surface area contributed by atoms with Crippen LogP contribution in [0.2, 0.25) is 0 Å². The molecule has 2 rings (SSSR count). The minimum Gasteiger partial charge on any atom is -0.444 e. The Morgan fingerprint density at radius 3 is 2.21 bits per heavy atom. The third-order valence-corrected chi connectivity index (χ3v) is 3.49. The number of anilines is 1. The summed E-state index contributed by atoms with van der Waals surface area (Å²) in [4.78, 5) is 25.3. The van der Waals surface area contributed by atoms with Crippen LogP contribution in [0, 0.1) is 21.7 Å². The molecule has 0 spiro atoms. The predicted molar refractivity (Wildman–Crippen MR) is 83.0 cm³/mol. The summed E-state index contributed by atoms with van der Waals surface area (Å²) >= 11 is 0. The zero-order valence-electron chi connectivity index (χ0n) is 13.7. The molecule has 1 heterocycles. The Morgan fingerprint density at radius 1 is 1.17 bits per heavy atom. The molecule has 1 aliphatic rings. The first kappa shape index (κ1) is 17.9. The summed E-state index contributed by atoms with van der Waals surface area (Å²) in [5.74, 6) is -2.41. The Bertz CT molecular complexity index is 653. The Kier molecular flexibility index (Phi) is 4.91. The highest BCUT2D eigenvalue weighted by atomic mass is 19.2. The van der Waals surface area contributed by atoms with E-state index < -0.39 is 33.9 Å². The minimum absolute atomic E-state index is 0.00254. The van der Waals surface area contributed by atoms with E-state index in [1.807, 2.05) is 0 Å². The van der Waals surface area contributed by atoms with Crippen LogP contribution in [-0.2, 0) is 4.74 Å². The van der Waals surface area contributed by atoms with E-state index in [1.54, 1.807) is 25.7 Å². The standard InChI is InChI=1S/C15H19F2N3O4/c1-15(2,3)24-14(21)19-6-4-18(5-7-19)12-8-10(16)11(17)9-13(12)20(22)23/h8-9H,4-7H2,1-3H3. The summed E-state index contributed by atoms with van der Waals surface area (Å²) in [5.41, 5.74) is -1.12. The van der Waals surface area contributed by atoms with Crippen molar-refractivity contribution in [2.75, 3.05) is 31.1 Å². The van der Waals surface area contributed by atoms with Gasteiger partial charge >= 0.3 is 6.09 Å². The number of hydrogen-bond acceptors (Lipinski definition) is 5. The summed E-state index contributed by atoms with van der Waals surface area (Å²) in [7, 11) is 0. The predicted octanol–water partition coefficient (Wildman–Crippen LogP) is 2.93. The highest BCUT2D eigenvalue weighted by molar-refractivity contribution is 5.69. The fourth-order valence-corrected chi connectivity index (χ4v) is 2.38. The molecule has 1 saturated heterocycles. The van der Waals surface area contributed by atoms with Gasteiger partial charge in [-0.15, -0.1) is 0 Å². The molecule has 24 heavy (non-hydrogen) atoms. The van der Waals surface area contributed by atoms with Gasteiger partial charge in [-0.2, -0.15) is 0 Å². The molecule has 0 radical (unpaired) electrons. The average Bonchev–Trinajstić information content (AvgIpc) is 2.48. The molecular formula is C15H19F2N3O4. The van der Waals surface area contributed by atoms with E-state index in [4.69, 9.17) is 4.74 Å². The van der Waals surface area contributed by atoms with Gasteiger partial charge in [0.05, 0.1) is 11.0 Å². The van der Waals surface area contributed by atoms with Crippen molar-refractivity contribution in [3.8, 4) is 0 Å². The third kappa shape index (κ3) is 4.09. The first-order valence-corrected chi connectivity index (χ1v) is 7.45. The lowest BCUT2D eigenvalue weighted by Crippen LogP contribution is -2.50. The number of nitro groups is 1. The van der Waals surface area contributed by atoms with Crippen LogP contribution in [0.4, 0.5) is 25.0 Å². The summed E-state index contributed by atoms with van der Waals surface area (Å²) in [6, 6.07) is 1.39. The second kappa shape index (κ2) is 6.58. The van der Waals surface area contributed by atoms with Crippen LogP contribution in [0.25, 0.3) is 0 Å². The number of benzene rings is 1. The van der Waals surface area contributed by atoms with Crippen molar-refractivity contribution in [3.63, 3.8) is 0 Å². The lowest BCUT2D eigenvalue weighted by molar-refractivity contribution is -0.384. The van der Waals surface area contributed by atoms with Gasteiger partial charge in [0.25, 0.3) is 5.69 Å². The second-order valence-corrected chi connectivity index (χ2v) is 6.47. The lowest BCUT2D eigenvalue weighted by atomic mass is 10.2. The number of nitrogens with zero attached hydrogens (tertiary/aromatic N) is 3. The van der Waals surface area contributed by atoms with E-state index in [-0.39, 0.29) is 31.9 Å². The molecule has 1 aromatic rings. The number of piperazine rings is 1. The van der Waals surface area contributed by atoms with Crippen molar-refractivity contribution in [1.29, 1.82) is 0 Å².